The van der Waals surface area contributed by atoms with Crippen LogP contribution in [0.2, 0.25) is 0 Å². The molecule has 1 spiro atoms. The van der Waals surface area contributed by atoms with Gasteiger partial charge in [-0.3, -0.25) is 14.4 Å². The van der Waals surface area contributed by atoms with Gasteiger partial charge >= 0.3 is 0 Å². The number of hydrogen-bond donors (Lipinski definition) is 1. The second kappa shape index (κ2) is 13.0. The molecule has 0 saturated carbocycles. The van der Waals surface area contributed by atoms with Crippen molar-refractivity contribution in [2.24, 2.45) is 11.8 Å². The van der Waals surface area contributed by atoms with Crippen LogP contribution in [0.15, 0.2) is 78.9 Å². The molecule has 4 heterocycles. The van der Waals surface area contributed by atoms with Gasteiger partial charge in [0.25, 0.3) is 5.91 Å². The number of rotatable bonds is 10. The number of hydrogen-bond acceptors (Lipinski definition) is 6. The van der Waals surface area contributed by atoms with Gasteiger partial charge in [0.05, 0.1) is 29.2 Å². The first-order valence-electron chi connectivity index (χ1n) is 16.3. The molecule has 4 aliphatic heterocycles. The van der Waals surface area contributed by atoms with Crippen LogP contribution in [0, 0.1) is 11.8 Å². The summed E-state index contributed by atoms with van der Waals surface area (Å²) >= 11 is 1.58. The van der Waals surface area contributed by atoms with Crippen molar-refractivity contribution < 1.29 is 19.5 Å². The molecule has 6 rings (SSSR count). The van der Waals surface area contributed by atoms with E-state index in [0.29, 0.717) is 26.1 Å². The summed E-state index contributed by atoms with van der Waals surface area (Å²) in [7, 11) is 0. The maximum Gasteiger partial charge on any atom is 0.251 e. The van der Waals surface area contributed by atoms with Gasteiger partial charge in [-0.05, 0) is 56.5 Å². The van der Waals surface area contributed by atoms with Gasteiger partial charge in [0.15, 0.2) is 0 Å². The number of likely N-dealkylation sites (tertiary alicyclic amines) is 1. The summed E-state index contributed by atoms with van der Waals surface area (Å²) < 4.78 is -0.932. The second-order valence-electron chi connectivity index (χ2n) is 12.4. The maximum atomic E-state index is 14.9. The molecule has 1 N–H and O–H groups in total. The number of aliphatic hydroxyl groups is 1. The van der Waals surface area contributed by atoms with E-state index in [9.17, 15) is 19.5 Å². The van der Waals surface area contributed by atoms with Gasteiger partial charge in [-0.1, -0.05) is 61.6 Å². The summed E-state index contributed by atoms with van der Waals surface area (Å²) in [5.41, 5.74) is 2.83. The minimum atomic E-state index is -0.932. The molecule has 45 heavy (non-hydrogen) atoms. The fourth-order valence-electron chi connectivity index (χ4n) is 7.79. The third kappa shape index (κ3) is 5.37. The lowest BCUT2D eigenvalue weighted by Gasteiger charge is -2.38. The third-order valence-corrected chi connectivity index (χ3v) is 11.6. The second-order valence-corrected chi connectivity index (χ2v) is 13.9. The van der Waals surface area contributed by atoms with Crippen LogP contribution in [0.5, 0.6) is 0 Å². The van der Waals surface area contributed by atoms with Crippen molar-refractivity contribution in [2.45, 2.75) is 55.7 Å². The number of amides is 3. The van der Waals surface area contributed by atoms with Gasteiger partial charge in [-0.2, -0.15) is 0 Å². The lowest BCUT2D eigenvalue weighted by atomic mass is 9.78. The smallest absolute Gasteiger partial charge is 0.251 e. The minimum Gasteiger partial charge on any atom is -0.394 e. The first-order chi connectivity index (χ1) is 21.9. The molecule has 1 unspecified atom stereocenters. The average Bonchev–Trinajstić information content (AvgIpc) is 3.38. The fourth-order valence-corrected chi connectivity index (χ4v) is 9.79. The maximum absolute atomic E-state index is 14.9. The monoisotopic (exact) mass is 628 g/mol. The molecule has 0 aliphatic carbocycles. The first kappa shape index (κ1) is 31.4. The third-order valence-electron chi connectivity index (χ3n) is 9.88. The standard InChI is InChI=1S/C36H44N4O4S/c1-4-20-38-21-10-14-29-30(33(38)42)31-34(43)40(28(24-41)23-25-12-8-7-9-13-25)32-35(44)39(22-11-19-36(31,32)45-29)27-17-15-26(16-18-27)37(5-2)6-3/h7-19,28-32,41H,4-6,20-24H2,1-3H3/t28-,29-,30+,31+,32?,36+/m1/s1. The van der Waals surface area contributed by atoms with Crippen molar-refractivity contribution in [3.63, 3.8) is 0 Å². The van der Waals surface area contributed by atoms with E-state index >= 15 is 0 Å². The van der Waals surface area contributed by atoms with E-state index in [1.807, 2.05) is 84.6 Å². The van der Waals surface area contributed by atoms with E-state index in [-0.39, 0.29) is 29.6 Å². The predicted octanol–water partition coefficient (Wildman–Crippen LogP) is 4.15. The summed E-state index contributed by atoms with van der Waals surface area (Å²) in [6.45, 7) is 9.29. The number of nitrogens with zero attached hydrogens (tertiary/aromatic N) is 4. The molecule has 0 radical (unpaired) electrons. The highest BCUT2D eigenvalue weighted by Crippen LogP contribution is 2.61. The molecule has 6 atom stereocenters. The zero-order valence-corrected chi connectivity index (χ0v) is 27.2. The van der Waals surface area contributed by atoms with Crippen molar-refractivity contribution in [3.05, 3.63) is 84.5 Å². The lowest BCUT2D eigenvalue weighted by Crippen LogP contribution is -2.57. The molecule has 8 nitrogen and oxygen atoms in total. The summed E-state index contributed by atoms with van der Waals surface area (Å²) in [4.78, 5) is 51.4. The quantitative estimate of drug-likeness (QED) is 0.399. The van der Waals surface area contributed by atoms with Gasteiger partial charge in [-0.15, -0.1) is 11.8 Å². The van der Waals surface area contributed by atoms with E-state index in [1.54, 1.807) is 21.6 Å². The Hall–Kier alpha value is -3.56. The molecule has 238 valence electrons. The number of carbonyl (C=O) groups is 3. The summed E-state index contributed by atoms with van der Waals surface area (Å²) in [6, 6.07) is 16.3. The number of aliphatic hydroxyl groups excluding tert-OH is 1. The Morgan fingerprint density at radius 1 is 0.933 bits per heavy atom. The Morgan fingerprint density at radius 3 is 2.33 bits per heavy atom. The van der Waals surface area contributed by atoms with Crippen molar-refractivity contribution in [2.75, 3.05) is 49.1 Å². The topological polar surface area (TPSA) is 84.4 Å². The fraction of sp³-hybridized carbons (Fsp3) is 0.472. The van der Waals surface area contributed by atoms with E-state index < -0.39 is 28.7 Å². The van der Waals surface area contributed by atoms with Crippen molar-refractivity contribution in [1.82, 2.24) is 9.80 Å². The van der Waals surface area contributed by atoms with Crippen LogP contribution in [0.3, 0.4) is 0 Å². The summed E-state index contributed by atoms with van der Waals surface area (Å²) in [5.74, 6) is -1.70. The van der Waals surface area contributed by atoms with Gasteiger partial charge in [0.1, 0.15) is 6.04 Å². The molecule has 0 bridgehead atoms. The SMILES string of the molecule is CCCN1CC=C[C@H]2S[C@]34C=CCN(c5ccc(N(CC)CC)cc5)C(=O)C3N([C@@H](CO)Cc3ccccc3)C(=O)[C@@H]4[C@H]2C1=O. The molecular formula is C36H44N4O4S. The molecule has 4 aliphatic rings. The molecule has 2 saturated heterocycles. The van der Waals surface area contributed by atoms with E-state index in [2.05, 4.69) is 24.8 Å². The van der Waals surface area contributed by atoms with Gasteiger partial charge < -0.3 is 24.7 Å². The van der Waals surface area contributed by atoms with Crippen molar-refractivity contribution >= 4 is 40.9 Å². The van der Waals surface area contributed by atoms with Crippen LogP contribution in [-0.2, 0) is 20.8 Å². The van der Waals surface area contributed by atoms with Crippen LogP contribution in [0.4, 0.5) is 11.4 Å². The van der Waals surface area contributed by atoms with Crippen LogP contribution in [0.1, 0.15) is 32.8 Å². The number of fused-ring (bicyclic) bond motifs is 2. The van der Waals surface area contributed by atoms with Crippen LogP contribution >= 0.6 is 11.8 Å². The molecule has 9 heteroatoms. The molecule has 3 amide bonds. The van der Waals surface area contributed by atoms with Crippen molar-refractivity contribution in [3.8, 4) is 0 Å². The molecule has 2 fully saturated rings. The Balaban J connectivity index is 1.43. The number of anilines is 2. The zero-order chi connectivity index (χ0) is 31.7. The highest BCUT2D eigenvalue weighted by Gasteiger charge is 2.71. The first-order valence-corrected chi connectivity index (χ1v) is 17.2. The summed E-state index contributed by atoms with van der Waals surface area (Å²) in [6.07, 6.45) is 9.40. The lowest BCUT2D eigenvalue weighted by molar-refractivity contribution is -0.144. The molecule has 0 aromatic heterocycles. The normalized spacial score (nSPS) is 28.1. The highest BCUT2D eigenvalue weighted by molar-refractivity contribution is 8.02. The Kier molecular flexibility index (Phi) is 9.11. The van der Waals surface area contributed by atoms with E-state index in [1.165, 1.54) is 0 Å². The molecular weight excluding hydrogens is 584 g/mol. The summed E-state index contributed by atoms with van der Waals surface area (Å²) in [5, 5.41) is 10.6. The molecule has 2 aromatic carbocycles. The van der Waals surface area contributed by atoms with Gasteiger partial charge in [0.2, 0.25) is 11.8 Å². The zero-order valence-electron chi connectivity index (χ0n) is 26.4. The number of thioether (sulfide) groups is 1. The number of benzene rings is 2. The van der Waals surface area contributed by atoms with Crippen LogP contribution in [-0.4, -0.2) is 94.0 Å². The predicted molar refractivity (Wildman–Crippen MR) is 180 cm³/mol. The largest absolute Gasteiger partial charge is 0.394 e. The van der Waals surface area contributed by atoms with Crippen LogP contribution < -0.4 is 9.80 Å². The number of carbonyl (C=O) groups excluding carboxylic acids is 3. The highest BCUT2D eigenvalue weighted by atomic mass is 32.2. The Bertz CT molecular complexity index is 1460. The molecule has 2 aromatic rings. The van der Waals surface area contributed by atoms with E-state index in [0.717, 1.165) is 36.4 Å². The Labute approximate surface area is 270 Å². The Morgan fingerprint density at radius 2 is 1.67 bits per heavy atom. The van der Waals surface area contributed by atoms with E-state index in [4.69, 9.17) is 0 Å². The van der Waals surface area contributed by atoms with Gasteiger partial charge in [-0.25, -0.2) is 0 Å². The van der Waals surface area contributed by atoms with Crippen molar-refractivity contribution in [1.29, 1.82) is 0 Å². The van der Waals surface area contributed by atoms with Gasteiger partial charge in [0, 0.05) is 49.3 Å². The van der Waals surface area contributed by atoms with Crippen LogP contribution in [0.25, 0.3) is 0 Å². The minimum absolute atomic E-state index is 0.0206. The average molecular weight is 629 g/mol.